The molecule has 1 unspecified atom stereocenters. The van der Waals surface area contributed by atoms with E-state index >= 15 is 0 Å². The van der Waals surface area contributed by atoms with Crippen molar-refractivity contribution in [2.24, 2.45) is 11.7 Å². The Morgan fingerprint density at radius 2 is 1.95 bits per heavy atom. The lowest BCUT2D eigenvalue weighted by Crippen LogP contribution is -2.34. The van der Waals surface area contributed by atoms with E-state index in [4.69, 9.17) is 5.73 Å². The first-order chi connectivity index (χ1) is 9.25. The first-order valence-corrected chi connectivity index (χ1v) is 7.79. The van der Waals surface area contributed by atoms with Gasteiger partial charge in [0.2, 0.25) is 0 Å². The minimum atomic E-state index is -0.0871. The molecule has 1 aromatic heterocycles. The van der Waals surface area contributed by atoms with E-state index in [0.29, 0.717) is 18.2 Å². The third-order valence-corrected chi connectivity index (χ3v) is 4.32. The number of nitrogens with two attached hydrogens (primary N) is 1. The maximum atomic E-state index is 12.4. The van der Waals surface area contributed by atoms with Crippen LogP contribution < -0.4 is 5.73 Å². The van der Waals surface area contributed by atoms with E-state index < -0.39 is 0 Å². The molecule has 0 aliphatic heterocycles. The largest absolute Gasteiger partial charge is 0.340 e. The lowest BCUT2D eigenvalue weighted by atomic mass is 10.0. The number of nitrogens with one attached hydrogen (secondary N) is 1. The van der Waals surface area contributed by atoms with Crippen LogP contribution in [0, 0.1) is 5.92 Å². The first-order valence-electron chi connectivity index (χ1n) is 7.00. The van der Waals surface area contributed by atoms with Crippen molar-refractivity contribution >= 4 is 34.2 Å². The van der Waals surface area contributed by atoms with Gasteiger partial charge in [-0.05, 0) is 34.2 Å². The Morgan fingerprint density at radius 1 is 1.38 bits per heavy atom. The summed E-state index contributed by atoms with van der Waals surface area (Å²) in [5.74, 6) is 0.622. The van der Waals surface area contributed by atoms with Gasteiger partial charge in [-0.25, -0.2) is 0 Å². The molecular formula is C14H26BrClN4O. The van der Waals surface area contributed by atoms with Crippen molar-refractivity contribution in [3.63, 3.8) is 0 Å². The van der Waals surface area contributed by atoms with E-state index in [0.717, 1.165) is 16.6 Å². The highest BCUT2D eigenvalue weighted by Gasteiger charge is 2.22. The molecule has 1 amide bonds. The van der Waals surface area contributed by atoms with Crippen LogP contribution in [-0.2, 0) is 0 Å². The number of amides is 1. The highest BCUT2D eigenvalue weighted by molar-refractivity contribution is 9.10. The van der Waals surface area contributed by atoms with E-state index in [1.807, 2.05) is 0 Å². The molecule has 0 fully saturated rings. The first kappa shape index (κ1) is 20.4. The molecule has 0 aromatic carbocycles. The van der Waals surface area contributed by atoms with Crippen molar-refractivity contribution in [1.82, 2.24) is 15.1 Å². The summed E-state index contributed by atoms with van der Waals surface area (Å²) >= 11 is 3.46. The predicted molar refractivity (Wildman–Crippen MR) is 92.0 cm³/mol. The van der Waals surface area contributed by atoms with Gasteiger partial charge < -0.3 is 10.6 Å². The van der Waals surface area contributed by atoms with Gasteiger partial charge in [0.1, 0.15) is 0 Å². The van der Waals surface area contributed by atoms with E-state index in [1.165, 1.54) is 0 Å². The molecule has 7 heteroatoms. The van der Waals surface area contributed by atoms with Gasteiger partial charge in [-0.2, -0.15) is 5.10 Å². The summed E-state index contributed by atoms with van der Waals surface area (Å²) in [6, 6.07) is 0.110. The number of halogens is 2. The van der Waals surface area contributed by atoms with Crippen LogP contribution in [0.2, 0.25) is 0 Å². The summed E-state index contributed by atoms with van der Waals surface area (Å²) in [5, 5.41) is 7.05. The van der Waals surface area contributed by atoms with Crippen LogP contribution in [0.15, 0.2) is 4.47 Å². The average molecular weight is 382 g/mol. The Balaban J connectivity index is 0.00000400. The Labute approximate surface area is 141 Å². The molecule has 1 rings (SSSR count). The number of hydrogen-bond acceptors (Lipinski definition) is 3. The molecule has 0 saturated heterocycles. The Morgan fingerprint density at radius 3 is 2.38 bits per heavy atom. The number of hydrogen-bond donors (Lipinski definition) is 2. The summed E-state index contributed by atoms with van der Waals surface area (Å²) in [6.07, 6.45) is 0.791. The molecule has 0 spiro atoms. The molecule has 21 heavy (non-hydrogen) atoms. The quantitative estimate of drug-likeness (QED) is 0.794. The number of nitrogens with zero attached hydrogens (tertiary/aromatic N) is 2. The van der Waals surface area contributed by atoms with Crippen LogP contribution in [-0.4, -0.2) is 40.6 Å². The number of aromatic amines is 1. The van der Waals surface area contributed by atoms with Crippen LogP contribution >= 0.6 is 28.3 Å². The molecule has 3 N–H and O–H groups in total. The molecule has 0 aliphatic carbocycles. The smallest absolute Gasteiger partial charge is 0.275 e. The Bertz CT molecular complexity index is 462. The van der Waals surface area contributed by atoms with Gasteiger partial charge in [0.05, 0.1) is 10.2 Å². The second-order valence-electron chi connectivity index (χ2n) is 5.88. The molecule has 1 heterocycles. The lowest BCUT2D eigenvalue weighted by molar-refractivity contribution is 0.0782. The molecule has 122 valence electrons. The number of carbonyl (C=O) groups excluding carboxylic acids is 1. The minimum absolute atomic E-state index is 0. The summed E-state index contributed by atoms with van der Waals surface area (Å²) < 4.78 is 0.762. The molecule has 1 atom stereocenters. The highest BCUT2D eigenvalue weighted by atomic mass is 79.9. The van der Waals surface area contributed by atoms with E-state index in [-0.39, 0.29) is 30.3 Å². The predicted octanol–water partition coefficient (Wildman–Crippen LogP) is 3.16. The minimum Gasteiger partial charge on any atom is -0.340 e. The monoisotopic (exact) mass is 380 g/mol. The van der Waals surface area contributed by atoms with Gasteiger partial charge in [0, 0.05) is 19.6 Å². The summed E-state index contributed by atoms with van der Waals surface area (Å²) in [7, 11) is 1.78. The van der Waals surface area contributed by atoms with Crippen LogP contribution in [0.25, 0.3) is 0 Å². The molecule has 0 saturated carbocycles. The molecule has 0 aliphatic rings. The SMILES string of the molecule is CC(C)c1[nH]nc(C(=O)N(C)CCC(N)C(C)C)c1Br.Cl. The average Bonchev–Trinajstić information content (AvgIpc) is 2.76. The number of aromatic nitrogens is 2. The highest BCUT2D eigenvalue weighted by Crippen LogP contribution is 2.26. The molecule has 0 bridgehead atoms. The van der Waals surface area contributed by atoms with Crippen LogP contribution in [0.4, 0.5) is 0 Å². The number of carbonyl (C=O) groups is 1. The molecular weight excluding hydrogens is 356 g/mol. The van der Waals surface area contributed by atoms with Gasteiger partial charge in [0.25, 0.3) is 5.91 Å². The molecule has 1 aromatic rings. The number of rotatable bonds is 6. The third-order valence-electron chi connectivity index (χ3n) is 3.51. The van der Waals surface area contributed by atoms with Gasteiger partial charge in [0.15, 0.2) is 5.69 Å². The van der Waals surface area contributed by atoms with Crippen molar-refractivity contribution in [3.05, 3.63) is 15.9 Å². The maximum Gasteiger partial charge on any atom is 0.275 e. The fraction of sp³-hybridized carbons (Fsp3) is 0.714. The van der Waals surface area contributed by atoms with Crippen molar-refractivity contribution in [2.45, 2.75) is 46.1 Å². The van der Waals surface area contributed by atoms with E-state index in [1.54, 1.807) is 11.9 Å². The van der Waals surface area contributed by atoms with Crippen LogP contribution in [0.3, 0.4) is 0 Å². The second kappa shape index (κ2) is 8.76. The van der Waals surface area contributed by atoms with Crippen LogP contribution in [0.5, 0.6) is 0 Å². The van der Waals surface area contributed by atoms with E-state index in [2.05, 4.69) is 53.8 Å². The third kappa shape index (κ3) is 5.27. The van der Waals surface area contributed by atoms with Crippen molar-refractivity contribution in [1.29, 1.82) is 0 Å². The Kier molecular flexibility index (Phi) is 8.51. The summed E-state index contributed by atoms with van der Waals surface area (Å²) in [5.41, 5.74) is 7.39. The fourth-order valence-corrected chi connectivity index (χ4v) is 2.63. The lowest BCUT2D eigenvalue weighted by Gasteiger charge is -2.21. The topological polar surface area (TPSA) is 75.0 Å². The summed E-state index contributed by atoms with van der Waals surface area (Å²) in [4.78, 5) is 14.0. The molecule has 0 radical (unpaired) electrons. The maximum absolute atomic E-state index is 12.4. The zero-order chi connectivity index (χ0) is 15.4. The fourth-order valence-electron chi connectivity index (χ4n) is 1.82. The van der Waals surface area contributed by atoms with Crippen molar-refractivity contribution in [3.8, 4) is 0 Å². The number of H-pyrrole nitrogens is 1. The normalized spacial score (nSPS) is 12.4. The standard InChI is InChI=1S/C14H25BrN4O.ClH/c1-8(2)10(16)6-7-19(5)14(20)13-11(15)12(9(3)4)17-18-13;/h8-10H,6-7,16H2,1-5H3,(H,17,18);1H. The van der Waals surface area contributed by atoms with Crippen molar-refractivity contribution < 1.29 is 4.79 Å². The Hall–Kier alpha value is -0.590. The molecule has 5 nitrogen and oxygen atoms in total. The zero-order valence-electron chi connectivity index (χ0n) is 13.3. The van der Waals surface area contributed by atoms with Crippen molar-refractivity contribution in [2.75, 3.05) is 13.6 Å². The van der Waals surface area contributed by atoms with Crippen LogP contribution in [0.1, 0.15) is 56.2 Å². The van der Waals surface area contributed by atoms with Gasteiger partial charge in [-0.1, -0.05) is 27.7 Å². The van der Waals surface area contributed by atoms with Gasteiger partial charge in [-0.3, -0.25) is 9.89 Å². The van der Waals surface area contributed by atoms with E-state index in [9.17, 15) is 4.79 Å². The second-order valence-corrected chi connectivity index (χ2v) is 6.67. The summed E-state index contributed by atoms with van der Waals surface area (Å²) in [6.45, 7) is 8.92. The zero-order valence-corrected chi connectivity index (χ0v) is 15.7. The van der Waals surface area contributed by atoms with Gasteiger partial charge in [-0.15, -0.1) is 12.4 Å². The van der Waals surface area contributed by atoms with Gasteiger partial charge >= 0.3 is 0 Å².